The number of rotatable bonds is 4. The summed E-state index contributed by atoms with van der Waals surface area (Å²) < 4.78 is 0.624. The molecule has 0 saturated heterocycles. The summed E-state index contributed by atoms with van der Waals surface area (Å²) >= 11 is 6.30. The zero-order valence-corrected chi connectivity index (χ0v) is 11.7. The first-order chi connectivity index (χ1) is 8.65. The number of aryl methyl sites for hydroxylation is 1. The average Bonchev–Trinajstić information content (AvgIpc) is 2.78. The maximum Gasteiger partial charge on any atom is 0.268 e. The third-order valence-corrected chi connectivity index (χ3v) is 3.65. The van der Waals surface area contributed by atoms with Gasteiger partial charge in [-0.05, 0) is 31.1 Å². The zero-order valence-electron chi connectivity index (χ0n) is 10.0. The first-order valence-corrected chi connectivity index (χ1v) is 6.95. The van der Waals surface area contributed by atoms with Gasteiger partial charge in [0, 0.05) is 11.9 Å². The molecule has 1 heterocycles. The Hall–Kier alpha value is -1.46. The van der Waals surface area contributed by atoms with Crippen LogP contribution in [0.3, 0.4) is 0 Å². The highest BCUT2D eigenvalue weighted by Gasteiger charge is 2.05. The third kappa shape index (κ3) is 3.51. The van der Waals surface area contributed by atoms with Crippen LogP contribution in [-0.4, -0.2) is 17.4 Å². The van der Waals surface area contributed by atoms with Gasteiger partial charge in [-0.15, -0.1) is 11.3 Å². The van der Waals surface area contributed by atoms with E-state index in [-0.39, 0.29) is 5.91 Å². The van der Waals surface area contributed by atoms with Crippen LogP contribution in [0, 0.1) is 10.9 Å². The molecule has 0 bridgehead atoms. The molecular weight excluding hydrogens is 264 g/mol. The quantitative estimate of drug-likeness (QED) is 0.844. The van der Waals surface area contributed by atoms with Crippen molar-refractivity contribution in [1.82, 2.24) is 10.3 Å². The standard InChI is InChI=1S/C13H14N2OS2/c1-9-2-4-10(5-3-9)6-7-14-12(16)11-8-18-13(17)15-11/h2-5,8H,6-7H2,1H3,(H,14,16)(H,15,17). The molecule has 0 aliphatic carbocycles. The molecule has 3 nitrogen and oxygen atoms in total. The van der Waals surface area contributed by atoms with Gasteiger partial charge in [0.05, 0.1) is 0 Å². The summed E-state index contributed by atoms with van der Waals surface area (Å²) in [7, 11) is 0. The maximum absolute atomic E-state index is 11.7. The van der Waals surface area contributed by atoms with Crippen LogP contribution in [0.4, 0.5) is 0 Å². The van der Waals surface area contributed by atoms with Crippen LogP contribution in [0.5, 0.6) is 0 Å². The van der Waals surface area contributed by atoms with E-state index >= 15 is 0 Å². The number of amides is 1. The Morgan fingerprint density at radius 1 is 1.39 bits per heavy atom. The van der Waals surface area contributed by atoms with E-state index in [1.165, 1.54) is 22.5 Å². The van der Waals surface area contributed by atoms with Gasteiger partial charge in [0.1, 0.15) is 5.69 Å². The minimum Gasteiger partial charge on any atom is -0.350 e. The highest BCUT2D eigenvalue weighted by atomic mass is 32.1. The fourth-order valence-corrected chi connectivity index (χ4v) is 2.38. The van der Waals surface area contributed by atoms with Crippen LogP contribution < -0.4 is 5.32 Å². The van der Waals surface area contributed by atoms with Crippen LogP contribution in [0.1, 0.15) is 21.6 Å². The van der Waals surface area contributed by atoms with E-state index in [0.29, 0.717) is 16.2 Å². The van der Waals surface area contributed by atoms with Crippen LogP contribution in [0.25, 0.3) is 0 Å². The molecule has 1 aromatic heterocycles. The Labute approximate surface area is 115 Å². The number of hydrogen-bond donors (Lipinski definition) is 2. The number of carbonyl (C=O) groups excluding carboxylic acids is 1. The fourth-order valence-electron chi connectivity index (χ4n) is 1.56. The van der Waals surface area contributed by atoms with Gasteiger partial charge in [-0.2, -0.15) is 0 Å². The van der Waals surface area contributed by atoms with Crippen LogP contribution in [-0.2, 0) is 6.42 Å². The van der Waals surface area contributed by atoms with Crippen molar-refractivity contribution >= 4 is 29.5 Å². The molecule has 5 heteroatoms. The summed E-state index contributed by atoms with van der Waals surface area (Å²) in [6, 6.07) is 8.32. The second-order valence-electron chi connectivity index (χ2n) is 4.05. The van der Waals surface area contributed by atoms with Gasteiger partial charge in [0.15, 0.2) is 3.95 Å². The van der Waals surface area contributed by atoms with Gasteiger partial charge in [-0.1, -0.05) is 29.8 Å². The Kier molecular flexibility index (Phi) is 4.28. The van der Waals surface area contributed by atoms with Crippen molar-refractivity contribution in [2.24, 2.45) is 0 Å². The predicted octanol–water partition coefficient (Wildman–Crippen LogP) is 3.09. The van der Waals surface area contributed by atoms with E-state index in [1.807, 2.05) is 0 Å². The third-order valence-electron chi connectivity index (χ3n) is 2.59. The van der Waals surface area contributed by atoms with E-state index in [2.05, 4.69) is 41.5 Å². The SMILES string of the molecule is Cc1ccc(CCNC(=O)c2csc(=S)[nH]2)cc1. The summed E-state index contributed by atoms with van der Waals surface area (Å²) in [6.45, 7) is 2.68. The number of H-pyrrole nitrogens is 1. The molecule has 94 valence electrons. The van der Waals surface area contributed by atoms with E-state index in [4.69, 9.17) is 12.2 Å². The molecule has 18 heavy (non-hydrogen) atoms. The van der Waals surface area contributed by atoms with Crippen LogP contribution in [0.2, 0.25) is 0 Å². The predicted molar refractivity (Wildman–Crippen MR) is 76.7 cm³/mol. The minimum atomic E-state index is -0.102. The summed E-state index contributed by atoms with van der Waals surface area (Å²) in [5.74, 6) is -0.102. The van der Waals surface area contributed by atoms with E-state index in [1.54, 1.807) is 5.38 Å². The Bertz CT molecular complexity index is 584. The molecule has 0 unspecified atom stereocenters. The molecule has 0 atom stereocenters. The smallest absolute Gasteiger partial charge is 0.268 e. The zero-order chi connectivity index (χ0) is 13.0. The number of aromatic nitrogens is 1. The molecular formula is C13H14N2OS2. The molecule has 1 amide bonds. The minimum absolute atomic E-state index is 0.102. The summed E-state index contributed by atoms with van der Waals surface area (Å²) in [6.07, 6.45) is 0.830. The lowest BCUT2D eigenvalue weighted by Crippen LogP contribution is -2.25. The number of hydrogen-bond acceptors (Lipinski definition) is 3. The van der Waals surface area contributed by atoms with E-state index in [9.17, 15) is 4.79 Å². The van der Waals surface area contributed by atoms with Crippen molar-refractivity contribution in [2.45, 2.75) is 13.3 Å². The van der Waals surface area contributed by atoms with Crippen molar-refractivity contribution in [1.29, 1.82) is 0 Å². The second kappa shape index (κ2) is 5.93. The van der Waals surface area contributed by atoms with Gasteiger partial charge in [-0.3, -0.25) is 4.79 Å². The molecule has 0 fully saturated rings. The normalized spacial score (nSPS) is 10.3. The first kappa shape index (κ1) is 13.0. The highest BCUT2D eigenvalue weighted by molar-refractivity contribution is 7.73. The Balaban J connectivity index is 1.83. The van der Waals surface area contributed by atoms with Gasteiger partial charge >= 0.3 is 0 Å². The van der Waals surface area contributed by atoms with Crippen LogP contribution >= 0.6 is 23.6 Å². The van der Waals surface area contributed by atoms with E-state index < -0.39 is 0 Å². The monoisotopic (exact) mass is 278 g/mol. The molecule has 1 aromatic carbocycles. The van der Waals surface area contributed by atoms with Gasteiger partial charge in [-0.25, -0.2) is 0 Å². The number of carbonyl (C=O) groups is 1. The molecule has 0 aliphatic rings. The van der Waals surface area contributed by atoms with Gasteiger partial charge in [0.2, 0.25) is 0 Å². The summed E-state index contributed by atoms with van der Waals surface area (Å²) in [4.78, 5) is 14.6. The summed E-state index contributed by atoms with van der Waals surface area (Å²) in [5.41, 5.74) is 3.00. The van der Waals surface area contributed by atoms with Crippen molar-refractivity contribution in [3.05, 3.63) is 50.4 Å². The lowest BCUT2D eigenvalue weighted by Gasteiger charge is -2.04. The number of nitrogens with one attached hydrogen (secondary N) is 2. The first-order valence-electron chi connectivity index (χ1n) is 5.67. The van der Waals surface area contributed by atoms with Crippen molar-refractivity contribution in [3.63, 3.8) is 0 Å². The second-order valence-corrected chi connectivity index (χ2v) is 5.60. The highest BCUT2D eigenvalue weighted by Crippen LogP contribution is 2.05. The van der Waals surface area contributed by atoms with Crippen molar-refractivity contribution in [2.75, 3.05) is 6.54 Å². The molecule has 0 saturated carbocycles. The lowest BCUT2D eigenvalue weighted by atomic mass is 10.1. The summed E-state index contributed by atoms with van der Waals surface area (Å²) in [5, 5.41) is 4.61. The Morgan fingerprint density at radius 2 is 2.11 bits per heavy atom. The number of benzene rings is 1. The lowest BCUT2D eigenvalue weighted by molar-refractivity contribution is 0.0950. The van der Waals surface area contributed by atoms with Gasteiger partial charge in [0.25, 0.3) is 5.91 Å². The van der Waals surface area contributed by atoms with E-state index in [0.717, 1.165) is 6.42 Å². The van der Waals surface area contributed by atoms with Crippen molar-refractivity contribution < 1.29 is 4.79 Å². The topological polar surface area (TPSA) is 44.9 Å². The number of thiazole rings is 1. The largest absolute Gasteiger partial charge is 0.350 e. The van der Waals surface area contributed by atoms with Crippen LogP contribution in [0.15, 0.2) is 29.6 Å². The molecule has 2 aromatic rings. The Morgan fingerprint density at radius 3 is 2.72 bits per heavy atom. The molecule has 2 N–H and O–H groups in total. The molecule has 0 aliphatic heterocycles. The molecule has 0 radical (unpaired) electrons. The van der Waals surface area contributed by atoms with Gasteiger partial charge < -0.3 is 10.3 Å². The molecule has 2 rings (SSSR count). The average molecular weight is 278 g/mol. The van der Waals surface area contributed by atoms with Crippen molar-refractivity contribution in [3.8, 4) is 0 Å². The molecule has 0 spiro atoms. The fraction of sp³-hybridized carbons (Fsp3) is 0.231. The maximum atomic E-state index is 11.7. The number of aromatic amines is 1.